The molecule has 30 heavy (non-hydrogen) atoms. The van der Waals surface area contributed by atoms with Crippen molar-refractivity contribution in [3.05, 3.63) is 66.0 Å². The van der Waals surface area contributed by atoms with Crippen LogP contribution in [0.4, 0.5) is 13.2 Å². The molecule has 0 aliphatic carbocycles. The van der Waals surface area contributed by atoms with Crippen molar-refractivity contribution in [3.63, 3.8) is 0 Å². The zero-order valence-corrected chi connectivity index (χ0v) is 16.3. The van der Waals surface area contributed by atoms with E-state index in [1.807, 2.05) is 0 Å². The highest BCUT2D eigenvalue weighted by Crippen LogP contribution is 2.29. The maximum atomic E-state index is 12.7. The topological polar surface area (TPSA) is 57.0 Å². The number of carbonyl (C=O) groups is 1. The van der Waals surface area contributed by atoms with Crippen LogP contribution >= 0.6 is 0 Å². The third kappa shape index (κ3) is 5.06. The SMILES string of the molecule is C#CC(C)(C)OC(=O)Cc1ccc(-c2ncn(-c3ccc(C(F)(F)F)cc3)n2)cc1. The van der Waals surface area contributed by atoms with E-state index >= 15 is 0 Å². The molecule has 3 aromatic rings. The zero-order chi connectivity index (χ0) is 21.9. The van der Waals surface area contributed by atoms with Crippen LogP contribution in [0.1, 0.15) is 25.0 Å². The maximum Gasteiger partial charge on any atom is 0.416 e. The van der Waals surface area contributed by atoms with Crippen LogP contribution in [0.2, 0.25) is 0 Å². The predicted molar refractivity (Wildman–Crippen MR) is 105 cm³/mol. The normalized spacial score (nSPS) is 11.7. The zero-order valence-electron chi connectivity index (χ0n) is 16.3. The fraction of sp³-hybridized carbons (Fsp3) is 0.227. The highest BCUT2D eigenvalue weighted by Gasteiger charge is 2.30. The minimum Gasteiger partial charge on any atom is -0.446 e. The molecule has 0 radical (unpaired) electrons. The predicted octanol–water partition coefficient (Wildman–Crippen LogP) is 4.45. The molecule has 3 rings (SSSR count). The van der Waals surface area contributed by atoms with Crippen molar-refractivity contribution in [2.24, 2.45) is 0 Å². The molecule has 0 N–H and O–H groups in total. The monoisotopic (exact) mass is 413 g/mol. The summed E-state index contributed by atoms with van der Waals surface area (Å²) in [7, 11) is 0. The fourth-order valence-corrected chi connectivity index (χ4v) is 2.61. The average Bonchev–Trinajstić information content (AvgIpc) is 3.18. The summed E-state index contributed by atoms with van der Waals surface area (Å²) in [5.74, 6) is 2.36. The Labute approximate surface area is 171 Å². The van der Waals surface area contributed by atoms with Crippen molar-refractivity contribution in [2.45, 2.75) is 32.0 Å². The third-order valence-corrected chi connectivity index (χ3v) is 4.23. The molecule has 0 saturated heterocycles. The molecular formula is C22H18F3N3O2. The molecule has 0 fully saturated rings. The first-order valence-corrected chi connectivity index (χ1v) is 8.96. The summed E-state index contributed by atoms with van der Waals surface area (Å²) >= 11 is 0. The lowest BCUT2D eigenvalue weighted by atomic mass is 10.1. The number of halogens is 3. The lowest BCUT2D eigenvalue weighted by molar-refractivity contribution is -0.150. The van der Waals surface area contributed by atoms with Gasteiger partial charge in [-0.3, -0.25) is 4.79 Å². The smallest absolute Gasteiger partial charge is 0.416 e. The number of alkyl halides is 3. The average molecular weight is 413 g/mol. The third-order valence-electron chi connectivity index (χ3n) is 4.23. The standard InChI is InChI=1S/C22H18F3N3O2/c1-4-21(2,3)30-19(29)13-15-5-7-16(8-6-15)20-26-14-28(27-20)18-11-9-17(10-12-18)22(23,24)25/h1,5-12,14H,13H2,2-3H3. The van der Waals surface area contributed by atoms with E-state index in [1.54, 1.807) is 38.1 Å². The molecule has 1 heterocycles. The van der Waals surface area contributed by atoms with E-state index in [2.05, 4.69) is 16.0 Å². The van der Waals surface area contributed by atoms with E-state index in [4.69, 9.17) is 11.2 Å². The molecule has 2 aromatic carbocycles. The van der Waals surface area contributed by atoms with Crippen molar-refractivity contribution in [2.75, 3.05) is 0 Å². The number of nitrogens with zero attached hydrogens (tertiary/aromatic N) is 3. The van der Waals surface area contributed by atoms with Crippen LogP contribution in [0.25, 0.3) is 17.1 Å². The summed E-state index contributed by atoms with van der Waals surface area (Å²) < 4.78 is 44.7. The van der Waals surface area contributed by atoms with Crippen molar-refractivity contribution >= 4 is 5.97 Å². The van der Waals surface area contributed by atoms with E-state index in [1.165, 1.54) is 23.1 Å². The van der Waals surface area contributed by atoms with Gasteiger partial charge in [-0.1, -0.05) is 30.2 Å². The molecule has 5 nitrogen and oxygen atoms in total. The first kappa shape index (κ1) is 21.1. The summed E-state index contributed by atoms with van der Waals surface area (Å²) in [6, 6.07) is 11.6. The molecule has 0 aliphatic rings. The molecule has 0 unspecified atom stereocenters. The van der Waals surface area contributed by atoms with Crippen LogP contribution in [0.5, 0.6) is 0 Å². The molecule has 0 atom stereocenters. The Bertz CT molecular complexity index is 1080. The second kappa shape index (κ2) is 8.03. The number of carbonyl (C=O) groups excluding carboxylic acids is 1. The van der Waals surface area contributed by atoms with Gasteiger partial charge in [-0.2, -0.15) is 13.2 Å². The largest absolute Gasteiger partial charge is 0.446 e. The Kier molecular flexibility index (Phi) is 5.65. The molecule has 0 bridgehead atoms. The van der Waals surface area contributed by atoms with Crippen LogP contribution in [0, 0.1) is 12.3 Å². The van der Waals surface area contributed by atoms with Crippen molar-refractivity contribution in [1.29, 1.82) is 0 Å². The Morgan fingerprint density at radius 2 is 1.73 bits per heavy atom. The second-order valence-corrected chi connectivity index (χ2v) is 7.06. The summed E-state index contributed by atoms with van der Waals surface area (Å²) in [4.78, 5) is 16.2. The molecule has 0 saturated carbocycles. The summed E-state index contributed by atoms with van der Waals surface area (Å²) in [5.41, 5.74) is 0.190. The second-order valence-electron chi connectivity index (χ2n) is 7.06. The summed E-state index contributed by atoms with van der Waals surface area (Å²) in [6.45, 7) is 3.26. The van der Waals surface area contributed by atoms with Crippen LogP contribution in [0.15, 0.2) is 54.9 Å². The van der Waals surface area contributed by atoms with Gasteiger partial charge >= 0.3 is 12.1 Å². The fourth-order valence-electron chi connectivity index (χ4n) is 2.61. The highest BCUT2D eigenvalue weighted by atomic mass is 19.4. The Morgan fingerprint density at radius 3 is 2.30 bits per heavy atom. The quantitative estimate of drug-likeness (QED) is 0.458. The van der Waals surface area contributed by atoms with E-state index in [0.29, 0.717) is 17.1 Å². The highest BCUT2D eigenvalue weighted by molar-refractivity contribution is 5.73. The van der Waals surface area contributed by atoms with Gasteiger partial charge in [0, 0.05) is 5.56 Å². The van der Waals surface area contributed by atoms with Gasteiger partial charge < -0.3 is 4.74 Å². The van der Waals surface area contributed by atoms with Gasteiger partial charge in [0.1, 0.15) is 6.33 Å². The van der Waals surface area contributed by atoms with Crippen LogP contribution < -0.4 is 0 Å². The number of terminal acetylenes is 1. The molecule has 154 valence electrons. The van der Waals surface area contributed by atoms with E-state index < -0.39 is 23.3 Å². The lowest BCUT2D eigenvalue weighted by Gasteiger charge is -2.18. The molecular weight excluding hydrogens is 395 g/mol. The number of aromatic nitrogens is 3. The van der Waals surface area contributed by atoms with E-state index in [-0.39, 0.29) is 6.42 Å². The van der Waals surface area contributed by atoms with Crippen LogP contribution in [-0.2, 0) is 22.1 Å². The molecule has 0 spiro atoms. The minimum absolute atomic E-state index is 0.0683. The van der Waals surface area contributed by atoms with Gasteiger partial charge in [0.05, 0.1) is 17.7 Å². The Morgan fingerprint density at radius 1 is 1.10 bits per heavy atom. The van der Waals surface area contributed by atoms with Crippen LogP contribution in [-0.4, -0.2) is 26.3 Å². The molecule has 8 heteroatoms. The van der Waals surface area contributed by atoms with Gasteiger partial charge in [0.2, 0.25) is 0 Å². The lowest BCUT2D eigenvalue weighted by Crippen LogP contribution is -2.26. The van der Waals surface area contributed by atoms with E-state index in [0.717, 1.165) is 17.7 Å². The number of ether oxygens (including phenoxy) is 1. The van der Waals surface area contributed by atoms with Gasteiger partial charge in [0.25, 0.3) is 0 Å². The number of hydrogen-bond acceptors (Lipinski definition) is 4. The van der Waals surface area contributed by atoms with Crippen molar-refractivity contribution in [1.82, 2.24) is 14.8 Å². The van der Waals surface area contributed by atoms with Crippen LogP contribution in [0.3, 0.4) is 0 Å². The number of rotatable bonds is 5. The van der Waals surface area contributed by atoms with Gasteiger partial charge in [-0.25, -0.2) is 9.67 Å². The number of esters is 1. The molecule has 0 amide bonds. The Hall–Kier alpha value is -3.60. The first-order chi connectivity index (χ1) is 14.1. The van der Waals surface area contributed by atoms with Gasteiger partial charge in [-0.15, -0.1) is 11.5 Å². The minimum atomic E-state index is -4.39. The van der Waals surface area contributed by atoms with Gasteiger partial charge in [0.15, 0.2) is 11.4 Å². The summed E-state index contributed by atoms with van der Waals surface area (Å²) in [5, 5.41) is 4.30. The van der Waals surface area contributed by atoms with Gasteiger partial charge in [-0.05, 0) is 43.7 Å². The molecule has 0 aliphatic heterocycles. The first-order valence-electron chi connectivity index (χ1n) is 8.96. The Balaban J connectivity index is 1.70. The maximum absolute atomic E-state index is 12.7. The summed E-state index contributed by atoms with van der Waals surface area (Å²) in [6.07, 6.45) is 2.41. The number of hydrogen-bond donors (Lipinski definition) is 0. The van der Waals surface area contributed by atoms with Crippen molar-refractivity contribution < 1.29 is 22.7 Å². The molecule has 1 aromatic heterocycles. The van der Waals surface area contributed by atoms with Crippen molar-refractivity contribution in [3.8, 4) is 29.4 Å². The van der Waals surface area contributed by atoms with E-state index in [9.17, 15) is 18.0 Å². The number of benzene rings is 2.